The van der Waals surface area contributed by atoms with Gasteiger partial charge in [0.1, 0.15) is 0 Å². The second-order valence-electron chi connectivity index (χ2n) is 6.16. The molecule has 0 saturated carbocycles. The van der Waals surface area contributed by atoms with Gasteiger partial charge in [0.2, 0.25) is 5.88 Å². The van der Waals surface area contributed by atoms with Crippen LogP contribution >= 0.6 is 24.0 Å². The number of methoxy groups -OCH3 is 1. The van der Waals surface area contributed by atoms with Gasteiger partial charge in [-0.2, -0.15) is 0 Å². The molecule has 0 aromatic carbocycles. The Balaban J connectivity index is 0.00000312. The molecule has 1 unspecified atom stereocenters. The number of guanidine groups is 1. The Morgan fingerprint density at radius 3 is 2.84 bits per heavy atom. The van der Waals surface area contributed by atoms with E-state index in [1.165, 1.54) is 32.2 Å². The van der Waals surface area contributed by atoms with Crippen LogP contribution in [0.1, 0.15) is 38.2 Å². The summed E-state index contributed by atoms with van der Waals surface area (Å²) in [6, 6.07) is 4.63. The van der Waals surface area contributed by atoms with Gasteiger partial charge >= 0.3 is 0 Å². The predicted molar refractivity (Wildman–Crippen MR) is 114 cm³/mol. The first-order chi connectivity index (χ1) is 11.8. The molecule has 2 heterocycles. The first-order valence-electron chi connectivity index (χ1n) is 8.94. The highest BCUT2D eigenvalue weighted by Crippen LogP contribution is 2.18. The second-order valence-corrected chi connectivity index (χ2v) is 6.16. The van der Waals surface area contributed by atoms with Crippen molar-refractivity contribution in [1.29, 1.82) is 0 Å². The maximum atomic E-state index is 5.07. The lowest BCUT2D eigenvalue weighted by atomic mass is 10.0. The summed E-state index contributed by atoms with van der Waals surface area (Å²) in [6.07, 6.45) is 7.11. The molecule has 1 saturated heterocycles. The highest BCUT2D eigenvalue weighted by atomic mass is 127. The van der Waals surface area contributed by atoms with Crippen molar-refractivity contribution in [3.05, 3.63) is 23.9 Å². The monoisotopic (exact) mass is 461 g/mol. The summed E-state index contributed by atoms with van der Waals surface area (Å²) in [5.41, 5.74) is 1.10. The number of hydrogen-bond donors (Lipinski definition) is 2. The molecule has 1 fully saturated rings. The Hall–Kier alpha value is -1.09. The predicted octanol–water partition coefficient (Wildman–Crippen LogP) is 2.64. The molecule has 6 nitrogen and oxygen atoms in total. The minimum absolute atomic E-state index is 0. The summed E-state index contributed by atoms with van der Waals surface area (Å²) in [5.74, 6) is 1.46. The van der Waals surface area contributed by atoms with E-state index in [2.05, 4.69) is 32.4 Å². The van der Waals surface area contributed by atoms with Gasteiger partial charge in [0, 0.05) is 45.0 Å². The van der Waals surface area contributed by atoms with Gasteiger partial charge in [-0.3, -0.25) is 9.89 Å². The topological polar surface area (TPSA) is 61.8 Å². The van der Waals surface area contributed by atoms with E-state index in [9.17, 15) is 0 Å². The number of hydrogen-bond acceptors (Lipinski definition) is 4. The van der Waals surface area contributed by atoms with Crippen molar-refractivity contribution in [3.8, 4) is 5.88 Å². The number of aliphatic imine (C=N–C) groups is 1. The largest absolute Gasteiger partial charge is 0.481 e. The summed E-state index contributed by atoms with van der Waals surface area (Å²) in [6.45, 7) is 6.20. The molecule has 7 heteroatoms. The lowest BCUT2D eigenvalue weighted by Gasteiger charge is -2.35. The molecule has 1 aromatic rings. The molecule has 1 atom stereocenters. The van der Waals surface area contributed by atoms with Crippen molar-refractivity contribution in [1.82, 2.24) is 20.5 Å². The molecule has 1 aromatic heterocycles. The SMILES string of the molecule is CCC1CCCCN1CCNC(=NC)NCc1ccc(OC)nc1.I. The van der Waals surface area contributed by atoms with E-state index < -0.39 is 0 Å². The van der Waals surface area contributed by atoms with Gasteiger partial charge in [-0.1, -0.05) is 19.4 Å². The van der Waals surface area contributed by atoms with E-state index in [1.54, 1.807) is 14.2 Å². The zero-order valence-corrected chi connectivity index (χ0v) is 18.0. The van der Waals surface area contributed by atoms with Crippen molar-refractivity contribution >= 4 is 29.9 Å². The second kappa shape index (κ2) is 12.3. The summed E-state index contributed by atoms with van der Waals surface area (Å²) in [7, 11) is 3.43. The van der Waals surface area contributed by atoms with Crippen LogP contribution in [-0.4, -0.2) is 55.7 Å². The van der Waals surface area contributed by atoms with Gasteiger partial charge in [-0.25, -0.2) is 4.98 Å². The van der Waals surface area contributed by atoms with Crippen LogP contribution in [0.25, 0.3) is 0 Å². The number of pyridine rings is 1. The van der Waals surface area contributed by atoms with Crippen molar-refractivity contribution < 1.29 is 4.74 Å². The van der Waals surface area contributed by atoms with Crippen molar-refractivity contribution in [2.45, 2.75) is 45.2 Å². The smallest absolute Gasteiger partial charge is 0.212 e. The fourth-order valence-electron chi connectivity index (χ4n) is 3.18. The van der Waals surface area contributed by atoms with E-state index in [1.807, 2.05) is 18.3 Å². The average Bonchev–Trinajstić information content (AvgIpc) is 2.65. The van der Waals surface area contributed by atoms with Gasteiger partial charge in [-0.15, -0.1) is 24.0 Å². The average molecular weight is 461 g/mol. The van der Waals surface area contributed by atoms with Gasteiger partial charge in [-0.05, 0) is 31.4 Å². The first-order valence-corrected chi connectivity index (χ1v) is 8.94. The maximum Gasteiger partial charge on any atom is 0.212 e. The van der Waals surface area contributed by atoms with E-state index in [-0.39, 0.29) is 24.0 Å². The lowest BCUT2D eigenvalue weighted by Crippen LogP contribution is -2.45. The molecule has 1 aliphatic rings. The molecular weight excluding hydrogens is 429 g/mol. The number of nitrogens with zero attached hydrogens (tertiary/aromatic N) is 3. The number of rotatable bonds is 7. The lowest BCUT2D eigenvalue weighted by molar-refractivity contribution is 0.147. The minimum Gasteiger partial charge on any atom is -0.481 e. The van der Waals surface area contributed by atoms with Crippen LogP contribution in [0, 0.1) is 0 Å². The Kier molecular flexibility index (Phi) is 10.8. The third kappa shape index (κ3) is 7.35. The summed E-state index contributed by atoms with van der Waals surface area (Å²) < 4.78 is 5.07. The van der Waals surface area contributed by atoms with E-state index in [0.29, 0.717) is 12.4 Å². The Bertz CT molecular complexity index is 509. The van der Waals surface area contributed by atoms with E-state index in [0.717, 1.165) is 30.7 Å². The molecule has 2 N–H and O–H groups in total. The molecular formula is C18H32IN5O. The molecule has 0 aliphatic carbocycles. The molecule has 0 radical (unpaired) electrons. The highest BCUT2D eigenvalue weighted by Gasteiger charge is 2.19. The molecule has 142 valence electrons. The van der Waals surface area contributed by atoms with Crippen molar-refractivity contribution in [3.63, 3.8) is 0 Å². The van der Waals surface area contributed by atoms with Gasteiger partial charge in [0.05, 0.1) is 7.11 Å². The summed E-state index contributed by atoms with van der Waals surface area (Å²) in [5, 5.41) is 6.73. The number of piperidine rings is 1. The summed E-state index contributed by atoms with van der Waals surface area (Å²) in [4.78, 5) is 11.1. The number of halogens is 1. The van der Waals surface area contributed by atoms with Crippen LogP contribution in [-0.2, 0) is 6.54 Å². The third-order valence-electron chi connectivity index (χ3n) is 4.60. The highest BCUT2D eigenvalue weighted by molar-refractivity contribution is 14.0. The zero-order chi connectivity index (χ0) is 17.2. The van der Waals surface area contributed by atoms with Gasteiger partial charge in [0.15, 0.2) is 5.96 Å². The van der Waals surface area contributed by atoms with Crippen LogP contribution in [0.2, 0.25) is 0 Å². The Morgan fingerprint density at radius 1 is 1.36 bits per heavy atom. The Labute approximate surface area is 168 Å². The zero-order valence-electron chi connectivity index (χ0n) is 15.6. The molecule has 0 bridgehead atoms. The fraction of sp³-hybridized carbons (Fsp3) is 0.667. The maximum absolute atomic E-state index is 5.07. The number of aromatic nitrogens is 1. The van der Waals surface area contributed by atoms with Crippen LogP contribution < -0.4 is 15.4 Å². The normalized spacial score (nSPS) is 18.4. The van der Waals surface area contributed by atoms with Crippen molar-refractivity contribution in [2.24, 2.45) is 4.99 Å². The fourth-order valence-corrected chi connectivity index (χ4v) is 3.18. The van der Waals surface area contributed by atoms with Crippen LogP contribution in [0.4, 0.5) is 0 Å². The first kappa shape index (κ1) is 22.0. The molecule has 25 heavy (non-hydrogen) atoms. The third-order valence-corrected chi connectivity index (χ3v) is 4.60. The van der Waals surface area contributed by atoms with Gasteiger partial charge < -0.3 is 15.4 Å². The molecule has 0 spiro atoms. The van der Waals surface area contributed by atoms with Crippen molar-refractivity contribution in [2.75, 3.05) is 33.8 Å². The van der Waals surface area contributed by atoms with E-state index in [4.69, 9.17) is 4.74 Å². The number of nitrogens with one attached hydrogen (secondary N) is 2. The number of ether oxygens (including phenoxy) is 1. The van der Waals surface area contributed by atoms with Crippen LogP contribution in [0.15, 0.2) is 23.3 Å². The molecule has 1 aliphatic heterocycles. The van der Waals surface area contributed by atoms with E-state index >= 15 is 0 Å². The Morgan fingerprint density at radius 2 is 2.20 bits per heavy atom. The van der Waals surface area contributed by atoms with Crippen LogP contribution in [0.5, 0.6) is 5.88 Å². The standard InChI is InChI=1S/C18H31N5O.HI/c1-4-16-7-5-6-11-23(16)12-10-20-18(19-2)22-14-15-8-9-17(24-3)21-13-15;/h8-9,13,16H,4-7,10-12,14H2,1-3H3,(H2,19,20,22);1H. The number of likely N-dealkylation sites (tertiary alicyclic amines) is 1. The minimum atomic E-state index is 0. The van der Waals surface area contributed by atoms with Gasteiger partial charge in [0.25, 0.3) is 0 Å². The van der Waals surface area contributed by atoms with Crippen LogP contribution in [0.3, 0.4) is 0 Å². The molecule has 2 rings (SSSR count). The molecule has 0 amide bonds. The summed E-state index contributed by atoms with van der Waals surface area (Å²) >= 11 is 0. The quantitative estimate of drug-likeness (QED) is 0.372.